The Labute approximate surface area is 112 Å². The van der Waals surface area contributed by atoms with E-state index in [1.54, 1.807) is 12.1 Å². The summed E-state index contributed by atoms with van der Waals surface area (Å²) in [5, 5.41) is 9.88. The summed E-state index contributed by atoms with van der Waals surface area (Å²) < 4.78 is 5.83. The highest BCUT2D eigenvalue weighted by Gasteiger charge is 2.32. The lowest BCUT2D eigenvalue weighted by atomic mass is 9.86. The molecule has 1 aliphatic rings. The third-order valence-corrected chi connectivity index (χ3v) is 3.86. The van der Waals surface area contributed by atoms with Crippen LogP contribution in [0.1, 0.15) is 31.2 Å². The van der Waals surface area contributed by atoms with E-state index in [9.17, 15) is 9.90 Å². The average molecular weight is 269 g/mol. The summed E-state index contributed by atoms with van der Waals surface area (Å²) >= 11 is 5.95. The number of aliphatic carboxylic acids is 1. The van der Waals surface area contributed by atoms with Crippen LogP contribution in [-0.2, 0) is 4.79 Å². The van der Waals surface area contributed by atoms with Crippen molar-refractivity contribution in [3.8, 4) is 5.75 Å². The largest absolute Gasteiger partial charge is 0.490 e. The smallest absolute Gasteiger partial charge is 0.310 e. The molecule has 0 bridgehead atoms. The van der Waals surface area contributed by atoms with Gasteiger partial charge in [-0.3, -0.25) is 4.79 Å². The number of rotatable bonds is 3. The van der Waals surface area contributed by atoms with Crippen LogP contribution in [0.25, 0.3) is 0 Å². The number of halogens is 1. The molecule has 0 spiro atoms. The Bertz CT molecular complexity index is 445. The van der Waals surface area contributed by atoms with Crippen LogP contribution in [0.2, 0.25) is 5.02 Å². The first kappa shape index (κ1) is 13.2. The maximum absolute atomic E-state index is 11.2. The van der Waals surface area contributed by atoms with Crippen LogP contribution in [-0.4, -0.2) is 17.2 Å². The maximum atomic E-state index is 11.2. The molecule has 2 atom stereocenters. The minimum absolute atomic E-state index is 0.225. The predicted molar refractivity (Wildman–Crippen MR) is 70.2 cm³/mol. The summed E-state index contributed by atoms with van der Waals surface area (Å²) in [5.41, 5.74) is 0.942. The number of aryl methyl sites for hydroxylation is 1. The van der Waals surface area contributed by atoms with Gasteiger partial charge in [0.25, 0.3) is 0 Å². The molecule has 98 valence electrons. The van der Waals surface area contributed by atoms with Gasteiger partial charge in [0.05, 0.1) is 5.92 Å². The quantitative estimate of drug-likeness (QED) is 0.910. The Morgan fingerprint density at radius 2 is 2.11 bits per heavy atom. The van der Waals surface area contributed by atoms with Crippen molar-refractivity contribution in [1.29, 1.82) is 0 Å². The second kappa shape index (κ2) is 5.61. The predicted octanol–water partition coefficient (Wildman–Crippen LogP) is 3.67. The Hall–Kier alpha value is -1.22. The molecule has 0 heterocycles. The summed E-state index contributed by atoms with van der Waals surface area (Å²) in [6.45, 7) is 1.91. The van der Waals surface area contributed by atoms with E-state index in [-0.39, 0.29) is 6.10 Å². The van der Waals surface area contributed by atoms with E-state index >= 15 is 0 Å². The summed E-state index contributed by atoms with van der Waals surface area (Å²) in [6, 6.07) is 5.43. The number of ether oxygens (including phenoxy) is 1. The minimum Gasteiger partial charge on any atom is -0.490 e. The maximum Gasteiger partial charge on any atom is 0.310 e. The van der Waals surface area contributed by atoms with E-state index < -0.39 is 11.9 Å². The van der Waals surface area contributed by atoms with Gasteiger partial charge in [0.15, 0.2) is 0 Å². The van der Waals surface area contributed by atoms with Crippen LogP contribution in [0.4, 0.5) is 0 Å². The lowest BCUT2D eigenvalue weighted by Crippen LogP contribution is -2.35. The zero-order valence-electron chi connectivity index (χ0n) is 10.4. The summed E-state index contributed by atoms with van der Waals surface area (Å²) in [7, 11) is 0. The molecular formula is C14H17ClO3. The molecule has 0 aromatic heterocycles. The molecule has 0 radical (unpaired) electrons. The van der Waals surface area contributed by atoms with E-state index in [0.717, 1.165) is 24.8 Å². The second-order valence-corrected chi connectivity index (χ2v) is 5.20. The molecule has 1 saturated carbocycles. The van der Waals surface area contributed by atoms with Gasteiger partial charge in [0.2, 0.25) is 0 Å². The number of benzene rings is 1. The van der Waals surface area contributed by atoms with E-state index in [1.165, 1.54) is 0 Å². The van der Waals surface area contributed by atoms with Crippen molar-refractivity contribution in [3.05, 3.63) is 28.8 Å². The molecule has 1 N–H and O–H groups in total. The molecule has 4 heteroatoms. The molecule has 1 fully saturated rings. The highest BCUT2D eigenvalue weighted by atomic mass is 35.5. The summed E-state index contributed by atoms with van der Waals surface area (Å²) in [4.78, 5) is 11.2. The first-order valence-corrected chi connectivity index (χ1v) is 6.61. The van der Waals surface area contributed by atoms with Crippen molar-refractivity contribution in [3.63, 3.8) is 0 Å². The van der Waals surface area contributed by atoms with Crippen LogP contribution < -0.4 is 4.74 Å². The van der Waals surface area contributed by atoms with Crippen LogP contribution in [0.5, 0.6) is 5.75 Å². The Balaban J connectivity index is 2.10. The molecular weight excluding hydrogens is 252 g/mol. The third-order valence-electron chi connectivity index (χ3n) is 3.44. The SMILES string of the molecule is Cc1cc(OC2CCCCC2C(=O)O)ccc1Cl. The monoisotopic (exact) mass is 268 g/mol. The van der Waals surface area contributed by atoms with E-state index in [2.05, 4.69) is 0 Å². The van der Waals surface area contributed by atoms with E-state index in [0.29, 0.717) is 17.2 Å². The van der Waals surface area contributed by atoms with Gasteiger partial charge in [-0.1, -0.05) is 18.0 Å². The van der Waals surface area contributed by atoms with E-state index in [1.807, 2.05) is 13.0 Å². The first-order valence-electron chi connectivity index (χ1n) is 6.23. The highest BCUT2D eigenvalue weighted by Crippen LogP contribution is 2.30. The average Bonchev–Trinajstić information content (AvgIpc) is 2.34. The fourth-order valence-corrected chi connectivity index (χ4v) is 2.50. The lowest BCUT2D eigenvalue weighted by Gasteiger charge is -2.29. The van der Waals surface area contributed by atoms with Crippen LogP contribution in [0.3, 0.4) is 0 Å². The Morgan fingerprint density at radius 3 is 2.78 bits per heavy atom. The lowest BCUT2D eigenvalue weighted by molar-refractivity contribution is -0.146. The number of hydrogen-bond donors (Lipinski definition) is 1. The zero-order valence-corrected chi connectivity index (χ0v) is 11.1. The number of hydrogen-bond acceptors (Lipinski definition) is 2. The van der Waals surface area contributed by atoms with Crippen molar-refractivity contribution >= 4 is 17.6 Å². The first-order chi connectivity index (χ1) is 8.58. The van der Waals surface area contributed by atoms with Crippen molar-refractivity contribution in [2.24, 2.45) is 5.92 Å². The molecule has 1 aliphatic carbocycles. The molecule has 1 aromatic rings. The molecule has 0 saturated heterocycles. The van der Waals surface area contributed by atoms with Gasteiger partial charge in [-0.2, -0.15) is 0 Å². The van der Waals surface area contributed by atoms with Gasteiger partial charge in [-0.05, 0) is 49.9 Å². The molecule has 1 aromatic carbocycles. The fraction of sp³-hybridized carbons (Fsp3) is 0.500. The summed E-state index contributed by atoms with van der Waals surface area (Å²) in [5.74, 6) is -0.449. The minimum atomic E-state index is -0.759. The third kappa shape index (κ3) is 2.96. The van der Waals surface area contributed by atoms with Gasteiger partial charge in [0, 0.05) is 5.02 Å². The Morgan fingerprint density at radius 1 is 1.39 bits per heavy atom. The molecule has 18 heavy (non-hydrogen) atoms. The van der Waals surface area contributed by atoms with Gasteiger partial charge in [-0.15, -0.1) is 0 Å². The molecule has 0 aliphatic heterocycles. The highest BCUT2D eigenvalue weighted by molar-refractivity contribution is 6.31. The molecule has 3 nitrogen and oxygen atoms in total. The second-order valence-electron chi connectivity index (χ2n) is 4.80. The van der Waals surface area contributed by atoms with Gasteiger partial charge >= 0.3 is 5.97 Å². The Kier molecular flexibility index (Phi) is 4.12. The normalized spacial score (nSPS) is 23.7. The van der Waals surface area contributed by atoms with Crippen LogP contribution in [0.15, 0.2) is 18.2 Å². The molecule has 0 amide bonds. The van der Waals surface area contributed by atoms with Crippen molar-refractivity contribution in [2.75, 3.05) is 0 Å². The molecule has 2 rings (SSSR count). The van der Waals surface area contributed by atoms with Gasteiger partial charge in [-0.25, -0.2) is 0 Å². The topological polar surface area (TPSA) is 46.5 Å². The van der Waals surface area contributed by atoms with E-state index in [4.69, 9.17) is 16.3 Å². The number of carboxylic acids is 1. The fourth-order valence-electron chi connectivity index (χ4n) is 2.39. The summed E-state index contributed by atoms with van der Waals surface area (Å²) in [6.07, 6.45) is 3.28. The van der Waals surface area contributed by atoms with Crippen molar-refractivity contribution in [2.45, 2.75) is 38.7 Å². The van der Waals surface area contributed by atoms with Crippen molar-refractivity contribution in [1.82, 2.24) is 0 Å². The van der Waals surface area contributed by atoms with Gasteiger partial charge < -0.3 is 9.84 Å². The zero-order chi connectivity index (χ0) is 13.1. The number of carboxylic acid groups (broad SMARTS) is 1. The van der Waals surface area contributed by atoms with Gasteiger partial charge in [0.1, 0.15) is 11.9 Å². The standard InChI is InChI=1S/C14H17ClO3/c1-9-8-10(6-7-12(9)15)18-13-5-3-2-4-11(13)14(16)17/h6-8,11,13H,2-5H2,1H3,(H,16,17). The van der Waals surface area contributed by atoms with Crippen LogP contribution >= 0.6 is 11.6 Å². The number of carbonyl (C=O) groups is 1. The molecule has 2 unspecified atom stereocenters. The van der Waals surface area contributed by atoms with Crippen LogP contribution in [0, 0.1) is 12.8 Å². The van der Waals surface area contributed by atoms with Crippen molar-refractivity contribution < 1.29 is 14.6 Å².